The van der Waals surface area contributed by atoms with E-state index in [2.05, 4.69) is 68.4 Å². The van der Waals surface area contributed by atoms with Crippen molar-refractivity contribution in [2.24, 2.45) is 10.9 Å². The number of phenolic OH excluding ortho intramolecular Hbond substituents is 1. The lowest BCUT2D eigenvalue weighted by molar-refractivity contribution is 0.257. The number of aromatic hydroxyl groups is 1. The number of aliphatic imine (C=N–C) groups is 1. The molecule has 3 aliphatic rings. The number of rotatable bonds is 4. The van der Waals surface area contributed by atoms with Crippen molar-refractivity contribution in [3.05, 3.63) is 71.3 Å². The number of fused-ring (bicyclic) bond motifs is 1. The molecule has 3 heteroatoms. The average molecular weight is 512 g/mol. The molecule has 0 amide bonds. The van der Waals surface area contributed by atoms with Gasteiger partial charge >= 0.3 is 0 Å². The van der Waals surface area contributed by atoms with Gasteiger partial charge in [0.2, 0.25) is 0 Å². The van der Waals surface area contributed by atoms with Gasteiger partial charge in [-0.15, -0.1) is 0 Å². The smallest absolute Gasteiger partial charge is 0.122 e. The maximum atomic E-state index is 11.7. The highest BCUT2D eigenvalue weighted by atomic mass is 31.1. The van der Waals surface area contributed by atoms with E-state index < -0.39 is 0 Å². The van der Waals surface area contributed by atoms with Gasteiger partial charge in [0.15, 0.2) is 0 Å². The number of hydrogen-bond donors (Lipinski definition) is 1. The van der Waals surface area contributed by atoms with Gasteiger partial charge in [0.1, 0.15) is 5.75 Å². The van der Waals surface area contributed by atoms with Crippen molar-refractivity contribution in [2.75, 3.05) is 6.16 Å². The molecule has 6 rings (SSSR count). The first kappa shape index (κ1) is 25.1. The predicted octanol–water partition coefficient (Wildman–Crippen LogP) is 9.93. The lowest BCUT2D eigenvalue weighted by Crippen LogP contribution is -2.41. The molecule has 3 aromatic carbocycles. The van der Waals surface area contributed by atoms with Crippen LogP contribution in [0.1, 0.15) is 87.3 Å². The SMILES string of the molecule is Cc1cc(C)c(O)c(C2(C3CCCCC3)CCP(C3CCCCC3)C2=Nc2cccc3ccccc23)c1. The Balaban J connectivity index is 1.61. The normalized spacial score (nSPS) is 26.8. The Kier molecular flexibility index (Phi) is 7.15. The molecule has 1 heterocycles. The van der Waals surface area contributed by atoms with Crippen molar-refractivity contribution in [1.29, 1.82) is 0 Å². The first-order valence-corrected chi connectivity index (χ1v) is 16.3. The second-order valence-corrected chi connectivity index (χ2v) is 14.5. The fraction of sp³-hybridized carbons (Fsp3) is 0.500. The lowest BCUT2D eigenvalue weighted by atomic mass is 9.63. The monoisotopic (exact) mass is 511 g/mol. The molecule has 3 fully saturated rings. The molecule has 1 aliphatic heterocycles. The van der Waals surface area contributed by atoms with Gasteiger partial charge in [0.25, 0.3) is 0 Å². The second kappa shape index (κ2) is 10.5. The number of phenols is 1. The first-order valence-electron chi connectivity index (χ1n) is 14.7. The Morgan fingerprint density at radius 2 is 1.54 bits per heavy atom. The molecule has 2 saturated carbocycles. The number of aryl methyl sites for hydroxylation is 2. The maximum absolute atomic E-state index is 11.7. The topological polar surface area (TPSA) is 32.6 Å². The first-order chi connectivity index (χ1) is 18.1. The Morgan fingerprint density at radius 3 is 2.32 bits per heavy atom. The van der Waals surface area contributed by atoms with E-state index in [9.17, 15) is 5.11 Å². The summed E-state index contributed by atoms with van der Waals surface area (Å²) in [6, 6.07) is 19.8. The van der Waals surface area contributed by atoms with Crippen LogP contribution in [0.3, 0.4) is 0 Å². The predicted molar refractivity (Wildman–Crippen MR) is 160 cm³/mol. The van der Waals surface area contributed by atoms with Crippen LogP contribution < -0.4 is 0 Å². The molecule has 0 bridgehead atoms. The van der Waals surface area contributed by atoms with Gasteiger partial charge in [-0.05, 0) is 80.7 Å². The summed E-state index contributed by atoms with van der Waals surface area (Å²) in [7, 11) is -0.335. The number of hydrogen-bond acceptors (Lipinski definition) is 2. The fourth-order valence-corrected chi connectivity index (χ4v) is 11.5. The second-order valence-electron chi connectivity index (χ2n) is 12.0. The van der Waals surface area contributed by atoms with Crippen LogP contribution in [-0.2, 0) is 5.41 Å². The Bertz CT molecular complexity index is 1300. The summed E-state index contributed by atoms with van der Waals surface area (Å²) in [5, 5.41) is 14.2. The van der Waals surface area contributed by atoms with Crippen LogP contribution in [-0.4, -0.2) is 22.4 Å². The summed E-state index contributed by atoms with van der Waals surface area (Å²) in [6.45, 7) is 4.28. The van der Waals surface area contributed by atoms with Crippen LogP contribution >= 0.6 is 7.92 Å². The zero-order chi connectivity index (χ0) is 25.4. The van der Waals surface area contributed by atoms with E-state index in [0.717, 1.165) is 23.3 Å². The Labute approximate surface area is 224 Å². The van der Waals surface area contributed by atoms with Gasteiger partial charge in [-0.2, -0.15) is 0 Å². The summed E-state index contributed by atoms with van der Waals surface area (Å²) < 4.78 is 0. The third-order valence-corrected chi connectivity index (χ3v) is 12.8. The molecule has 1 N–H and O–H groups in total. The van der Waals surface area contributed by atoms with Crippen LogP contribution in [0.2, 0.25) is 0 Å². The van der Waals surface area contributed by atoms with Crippen molar-refractivity contribution in [1.82, 2.24) is 0 Å². The molecule has 0 aromatic heterocycles. The molecule has 0 spiro atoms. The molecule has 1 saturated heterocycles. The van der Waals surface area contributed by atoms with E-state index in [4.69, 9.17) is 4.99 Å². The zero-order valence-electron chi connectivity index (χ0n) is 22.7. The van der Waals surface area contributed by atoms with Crippen molar-refractivity contribution in [2.45, 2.75) is 95.6 Å². The van der Waals surface area contributed by atoms with E-state index in [1.54, 1.807) is 0 Å². The largest absolute Gasteiger partial charge is 0.507 e. The van der Waals surface area contributed by atoms with Crippen molar-refractivity contribution < 1.29 is 5.11 Å². The van der Waals surface area contributed by atoms with E-state index in [-0.39, 0.29) is 13.3 Å². The molecule has 0 radical (unpaired) electrons. The summed E-state index contributed by atoms with van der Waals surface area (Å²) >= 11 is 0. The van der Waals surface area contributed by atoms with E-state index in [0.29, 0.717) is 11.7 Å². The molecular weight excluding hydrogens is 469 g/mol. The van der Waals surface area contributed by atoms with E-state index in [1.807, 2.05) is 0 Å². The Morgan fingerprint density at radius 1 is 0.838 bits per heavy atom. The van der Waals surface area contributed by atoms with Crippen molar-refractivity contribution >= 4 is 29.8 Å². The van der Waals surface area contributed by atoms with Gasteiger partial charge in [0.05, 0.1) is 11.1 Å². The maximum Gasteiger partial charge on any atom is 0.122 e. The zero-order valence-corrected chi connectivity index (χ0v) is 23.6. The van der Waals surface area contributed by atoms with Gasteiger partial charge < -0.3 is 5.11 Å². The highest BCUT2D eigenvalue weighted by Gasteiger charge is 2.54. The minimum Gasteiger partial charge on any atom is -0.507 e. The summed E-state index contributed by atoms with van der Waals surface area (Å²) in [5.41, 5.74) is 6.72. The van der Waals surface area contributed by atoms with Crippen molar-refractivity contribution in [3.8, 4) is 5.75 Å². The molecule has 3 aromatic rings. The summed E-state index contributed by atoms with van der Waals surface area (Å²) in [6.07, 6.45) is 15.8. The van der Waals surface area contributed by atoms with Gasteiger partial charge in [-0.1, -0.05) is 101 Å². The van der Waals surface area contributed by atoms with Crippen LogP contribution in [0.15, 0.2) is 59.6 Å². The molecule has 2 nitrogen and oxygen atoms in total. The number of benzene rings is 3. The van der Waals surface area contributed by atoms with Crippen molar-refractivity contribution in [3.63, 3.8) is 0 Å². The van der Waals surface area contributed by atoms with Crippen LogP contribution in [0.4, 0.5) is 5.69 Å². The fourth-order valence-electron chi connectivity index (χ4n) is 7.86. The third kappa shape index (κ3) is 4.54. The lowest BCUT2D eigenvalue weighted by Gasteiger charge is -2.43. The molecule has 194 valence electrons. The van der Waals surface area contributed by atoms with Gasteiger partial charge in [0, 0.05) is 16.4 Å². The minimum atomic E-state index is -0.335. The Hall–Kier alpha value is -2.18. The standard InChI is InChI=1S/C34H42NOP/c1-24-22-25(2)32(36)30(23-24)34(27-14-5-3-6-15-27)20-21-37(28-16-7-4-8-17-28)33(34)35-31-19-11-13-26-12-9-10-18-29(26)31/h9-13,18-19,22-23,27-28,36H,3-8,14-17,20-21H2,1-2H3. The number of nitrogens with zero attached hydrogens (tertiary/aromatic N) is 1. The average Bonchev–Trinajstić information content (AvgIpc) is 3.31. The highest BCUT2D eigenvalue weighted by molar-refractivity contribution is 7.76. The summed E-state index contributed by atoms with van der Waals surface area (Å²) in [5.74, 6) is 1.10. The minimum absolute atomic E-state index is 0.138. The van der Waals surface area contributed by atoms with Gasteiger partial charge in [-0.3, -0.25) is 4.99 Å². The van der Waals surface area contributed by atoms with Crippen LogP contribution in [0.5, 0.6) is 5.75 Å². The highest BCUT2D eigenvalue weighted by Crippen LogP contribution is 2.66. The van der Waals surface area contributed by atoms with E-state index in [1.165, 1.54) is 97.7 Å². The molecule has 37 heavy (non-hydrogen) atoms. The van der Waals surface area contributed by atoms with E-state index >= 15 is 0 Å². The molecule has 2 unspecified atom stereocenters. The molecule has 2 aliphatic carbocycles. The third-order valence-electron chi connectivity index (χ3n) is 9.65. The van der Waals surface area contributed by atoms with Gasteiger partial charge in [-0.25, -0.2) is 0 Å². The van der Waals surface area contributed by atoms with Crippen LogP contribution in [0.25, 0.3) is 10.8 Å². The summed E-state index contributed by atoms with van der Waals surface area (Å²) in [4.78, 5) is 5.78. The molecular formula is C34H42NOP. The van der Waals surface area contributed by atoms with Crippen LogP contribution in [0, 0.1) is 19.8 Å². The quantitative estimate of drug-likeness (QED) is 0.347. The molecule has 2 atom stereocenters.